The van der Waals surface area contributed by atoms with Crippen LogP contribution in [-0.4, -0.2) is 35.1 Å². The van der Waals surface area contributed by atoms with Gasteiger partial charge in [0.2, 0.25) is 26.0 Å². The van der Waals surface area contributed by atoms with Crippen LogP contribution in [0.25, 0.3) is 0 Å². The van der Waals surface area contributed by atoms with Gasteiger partial charge < -0.3 is 4.74 Å². The Morgan fingerprint density at radius 1 is 1.14 bits per heavy atom. The van der Waals surface area contributed by atoms with Gasteiger partial charge in [-0.25, -0.2) is 25.9 Å². The highest BCUT2D eigenvalue weighted by atomic mass is 32.2. The summed E-state index contributed by atoms with van der Waals surface area (Å²) in [5, 5.41) is 0. The number of aryl methyl sites for hydroxylation is 1. The topological polar surface area (TPSA) is 110 Å². The molecule has 0 radical (unpaired) electrons. The number of nitrogens with zero attached hydrogens (tertiary/aromatic N) is 1. The average molecular weight is 439 g/mol. The second-order valence-electron chi connectivity index (χ2n) is 6.60. The molecule has 2 aromatic carbocycles. The van der Waals surface area contributed by atoms with E-state index in [1.165, 1.54) is 12.1 Å². The van der Waals surface area contributed by atoms with Crippen LogP contribution in [0.5, 0.6) is 5.75 Å². The summed E-state index contributed by atoms with van der Waals surface area (Å²) in [4.78, 5) is 11.8. The van der Waals surface area contributed by atoms with E-state index in [0.717, 1.165) is 17.2 Å². The fourth-order valence-corrected chi connectivity index (χ4v) is 5.57. The first-order chi connectivity index (χ1) is 13.6. The largest absolute Gasteiger partial charge is 0.492 e. The van der Waals surface area contributed by atoms with E-state index in [0.29, 0.717) is 4.31 Å². The molecule has 0 unspecified atom stereocenters. The van der Waals surface area contributed by atoms with Crippen molar-refractivity contribution in [2.75, 3.05) is 16.7 Å². The molecule has 0 bridgehead atoms. The molecule has 0 saturated carbocycles. The zero-order valence-electron chi connectivity index (χ0n) is 16.1. The molecule has 1 aliphatic heterocycles. The highest BCUT2D eigenvalue weighted by molar-refractivity contribution is 7.94. The third-order valence-corrected chi connectivity index (χ3v) is 7.53. The Balaban J connectivity index is 1.96. The van der Waals surface area contributed by atoms with Crippen LogP contribution >= 0.6 is 0 Å². The van der Waals surface area contributed by atoms with Gasteiger partial charge in [-0.15, -0.1) is 0 Å². The van der Waals surface area contributed by atoms with Gasteiger partial charge in [-0.3, -0.25) is 4.79 Å². The Labute approximate surface area is 170 Å². The van der Waals surface area contributed by atoms with Gasteiger partial charge >= 0.3 is 0 Å². The Kier molecular flexibility index (Phi) is 5.97. The Morgan fingerprint density at radius 3 is 2.41 bits per heavy atom. The van der Waals surface area contributed by atoms with Crippen LogP contribution in [0.3, 0.4) is 0 Å². The molecule has 0 aromatic heterocycles. The third kappa shape index (κ3) is 4.60. The van der Waals surface area contributed by atoms with Crippen molar-refractivity contribution in [1.82, 2.24) is 4.72 Å². The summed E-state index contributed by atoms with van der Waals surface area (Å²) in [6, 6.07) is 11.3. The number of amides is 1. The smallest absolute Gasteiger partial charge is 0.244 e. The summed E-state index contributed by atoms with van der Waals surface area (Å²) in [7, 11) is -7.84. The van der Waals surface area contributed by atoms with Crippen molar-refractivity contribution in [3.05, 3.63) is 53.6 Å². The number of hydrogen-bond acceptors (Lipinski definition) is 6. The average Bonchev–Trinajstić information content (AvgIpc) is 2.94. The molecule has 2 aromatic rings. The first kappa shape index (κ1) is 21.3. The summed E-state index contributed by atoms with van der Waals surface area (Å²) in [6.45, 7) is 3.92. The van der Waals surface area contributed by atoms with Crippen molar-refractivity contribution in [2.24, 2.45) is 0 Å². The molecule has 1 aliphatic rings. The number of nitrogens with one attached hydrogen (secondary N) is 1. The Hall–Kier alpha value is -2.43. The number of rotatable bonds is 7. The van der Waals surface area contributed by atoms with Crippen LogP contribution in [-0.2, 0) is 31.4 Å². The molecule has 1 amide bonds. The van der Waals surface area contributed by atoms with Crippen molar-refractivity contribution >= 4 is 31.6 Å². The van der Waals surface area contributed by atoms with E-state index in [2.05, 4.69) is 4.72 Å². The van der Waals surface area contributed by atoms with Crippen molar-refractivity contribution in [3.63, 3.8) is 0 Å². The molecule has 1 heterocycles. The SMILES string of the molecule is CCOc1ccc(N2C(=O)CCS2(=O)=O)cc1S(=O)(=O)NCc1ccc(C)cc1. The van der Waals surface area contributed by atoms with E-state index in [1.807, 2.05) is 31.2 Å². The summed E-state index contributed by atoms with van der Waals surface area (Å²) < 4.78 is 58.8. The molecular weight excluding hydrogens is 416 g/mol. The number of carbonyl (C=O) groups excluding carboxylic acids is 1. The van der Waals surface area contributed by atoms with Crippen LogP contribution in [0.15, 0.2) is 47.4 Å². The van der Waals surface area contributed by atoms with Crippen LogP contribution < -0.4 is 13.8 Å². The van der Waals surface area contributed by atoms with E-state index in [9.17, 15) is 21.6 Å². The van der Waals surface area contributed by atoms with E-state index in [-0.39, 0.29) is 41.7 Å². The van der Waals surface area contributed by atoms with Crippen molar-refractivity contribution in [2.45, 2.75) is 31.7 Å². The van der Waals surface area contributed by atoms with E-state index < -0.39 is 26.0 Å². The first-order valence-electron chi connectivity index (χ1n) is 9.02. The van der Waals surface area contributed by atoms with Gasteiger partial charge in [-0.1, -0.05) is 29.8 Å². The quantitative estimate of drug-likeness (QED) is 0.707. The number of benzene rings is 2. The second-order valence-corrected chi connectivity index (χ2v) is 10.3. The molecule has 1 fully saturated rings. The number of sulfonamides is 2. The highest BCUT2D eigenvalue weighted by Gasteiger charge is 2.37. The van der Waals surface area contributed by atoms with Gasteiger partial charge in [0.25, 0.3) is 0 Å². The molecule has 1 N–H and O–H groups in total. The summed E-state index contributed by atoms with van der Waals surface area (Å²) in [6.07, 6.45) is -0.136. The van der Waals surface area contributed by atoms with Crippen LogP contribution in [0.2, 0.25) is 0 Å². The summed E-state index contributed by atoms with van der Waals surface area (Å²) in [5.74, 6) is -0.811. The lowest BCUT2D eigenvalue weighted by molar-refractivity contribution is -0.116. The van der Waals surface area contributed by atoms with Gasteiger partial charge in [0, 0.05) is 13.0 Å². The van der Waals surface area contributed by atoms with E-state index in [1.54, 1.807) is 6.92 Å². The molecule has 29 heavy (non-hydrogen) atoms. The molecular formula is C19H22N2O6S2. The Bertz CT molecular complexity index is 1130. The maximum Gasteiger partial charge on any atom is 0.244 e. The van der Waals surface area contributed by atoms with Crippen LogP contribution in [0.1, 0.15) is 24.5 Å². The van der Waals surface area contributed by atoms with Crippen LogP contribution in [0.4, 0.5) is 5.69 Å². The van der Waals surface area contributed by atoms with Crippen molar-refractivity contribution < 1.29 is 26.4 Å². The zero-order valence-corrected chi connectivity index (χ0v) is 17.7. The standard InChI is InChI=1S/C19H22N2O6S2/c1-3-27-17-9-8-16(21-19(22)10-11-28(21,23)24)12-18(17)29(25,26)20-13-15-6-4-14(2)5-7-15/h4-9,12,20H,3,10-11,13H2,1-2H3. The zero-order chi connectivity index (χ0) is 21.2. The highest BCUT2D eigenvalue weighted by Crippen LogP contribution is 2.32. The minimum Gasteiger partial charge on any atom is -0.492 e. The molecule has 0 spiro atoms. The lowest BCUT2D eigenvalue weighted by Gasteiger charge is -2.18. The molecule has 3 rings (SSSR count). The normalized spacial score (nSPS) is 16.2. The number of carbonyl (C=O) groups is 1. The number of hydrogen-bond donors (Lipinski definition) is 1. The van der Waals surface area contributed by atoms with E-state index in [4.69, 9.17) is 4.74 Å². The molecule has 0 atom stereocenters. The first-order valence-corrected chi connectivity index (χ1v) is 12.1. The molecule has 1 saturated heterocycles. The minimum atomic E-state index is -4.04. The van der Waals surface area contributed by atoms with Crippen molar-refractivity contribution in [1.29, 1.82) is 0 Å². The third-order valence-electron chi connectivity index (χ3n) is 4.42. The minimum absolute atomic E-state index is 0.0216. The second kappa shape index (κ2) is 8.13. The van der Waals surface area contributed by atoms with E-state index >= 15 is 0 Å². The molecule has 0 aliphatic carbocycles. The predicted octanol–water partition coefficient (Wildman–Crippen LogP) is 1.94. The lowest BCUT2D eigenvalue weighted by Crippen LogP contribution is -2.30. The number of anilines is 1. The molecule has 156 valence electrons. The molecule has 10 heteroatoms. The monoisotopic (exact) mass is 438 g/mol. The van der Waals surface area contributed by atoms with Crippen LogP contribution in [0, 0.1) is 6.92 Å². The maximum atomic E-state index is 12.9. The summed E-state index contributed by atoms with van der Waals surface area (Å²) >= 11 is 0. The van der Waals surface area contributed by atoms with Crippen molar-refractivity contribution in [3.8, 4) is 5.75 Å². The fraction of sp³-hybridized carbons (Fsp3) is 0.316. The molecule has 8 nitrogen and oxygen atoms in total. The fourth-order valence-electron chi connectivity index (χ4n) is 2.94. The van der Waals surface area contributed by atoms with Gasteiger partial charge in [-0.05, 0) is 37.6 Å². The van der Waals surface area contributed by atoms with Gasteiger partial charge in [0.1, 0.15) is 10.6 Å². The lowest BCUT2D eigenvalue weighted by atomic mass is 10.2. The van der Waals surface area contributed by atoms with Gasteiger partial charge in [0.05, 0.1) is 18.0 Å². The number of ether oxygens (including phenoxy) is 1. The van der Waals surface area contributed by atoms with Gasteiger partial charge in [0.15, 0.2) is 0 Å². The maximum absolute atomic E-state index is 12.9. The summed E-state index contributed by atoms with van der Waals surface area (Å²) in [5.41, 5.74) is 1.80. The Morgan fingerprint density at radius 2 is 1.83 bits per heavy atom. The predicted molar refractivity (Wildman–Crippen MR) is 109 cm³/mol. The van der Waals surface area contributed by atoms with Gasteiger partial charge in [-0.2, -0.15) is 0 Å².